The smallest absolute Gasteiger partial charge is 0.119 e. The van der Waals surface area contributed by atoms with Crippen molar-refractivity contribution in [3.63, 3.8) is 0 Å². The van der Waals surface area contributed by atoms with Gasteiger partial charge in [-0.05, 0) is 55.2 Å². The molecule has 0 bridgehead atoms. The average Bonchev–Trinajstić information content (AvgIpc) is 3.14. The molecule has 3 nitrogen and oxygen atoms in total. The van der Waals surface area contributed by atoms with Gasteiger partial charge in [0.1, 0.15) is 17.6 Å². The number of nitrogens with zero attached hydrogens (tertiary/aromatic N) is 1. The molecule has 1 saturated heterocycles. The molecule has 2 aromatic rings. The highest BCUT2D eigenvalue weighted by molar-refractivity contribution is 9.11. The summed E-state index contributed by atoms with van der Waals surface area (Å²) in [6, 6.07) is 14.7. The van der Waals surface area contributed by atoms with E-state index in [2.05, 4.69) is 57.2 Å². The first-order valence-corrected chi connectivity index (χ1v) is 12.2. The third-order valence-electron chi connectivity index (χ3n) is 5.59. The Hall–Kier alpha value is -1.50. The molecule has 1 fully saturated rings. The molecule has 160 valence electrons. The van der Waals surface area contributed by atoms with Crippen LogP contribution in [0.15, 0.2) is 51.8 Å². The molecule has 0 N–H and O–H groups in total. The van der Waals surface area contributed by atoms with E-state index in [1.165, 1.54) is 26.1 Å². The maximum atomic E-state index is 12.4. The summed E-state index contributed by atoms with van der Waals surface area (Å²) in [6.45, 7) is 2.43. The van der Waals surface area contributed by atoms with Gasteiger partial charge in [-0.25, -0.2) is 0 Å². The minimum atomic E-state index is -0.248. The number of benzene rings is 2. The summed E-state index contributed by atoms with van der Waals surface area (Å²) >= 11 is 5.72. The highest BCUT2D eigenvalue weighted by atomic mass is 79.9. The van der Waals surface area contributed by atoms with Crippen molar-refractivity contribution in [2.75, 3.05) is 39.2 Å². The van der Waals surface area contributed by atoms with E-state index in [-0.39, 0.29) is 12.8 Å². The zero-order valence-electron chi connectivity index (χ0n) is 17.2. The average molecular weight is 492 g/mol. The Morgan fingerprint density at radius 3 is 2.73 bits per heavy atom. The van der Waals surface area contributed by atoms with Crippen molar-refractivity contribution in [3.8, 4) is 11.5 Å². The number of rotatable bonds is 7. The van der Waals surface area contributed by atoms with Crippen molar-refractivity contribution >= 4 is 33.3 Å². The summed E-state index contributed by atoms with van der Waals surface area (Å²) in [7, 11) is 1.71. The Labute approximate surface area is 190 Å². The van der Waals surface area contributed by atoms with E-state index in [9.17, 15) is 4.39 Å². The lowest BCUT2D eigenvalue weighted by Crippen LogP contribution is -2.26. The summed E-state index contributed by atoms with van der Waals surface area (Å²) in [5.74, 6) is 2.81. The second-order valence-corrected chi connectivity index (χ2v) is 9.73. The molecule has 2 aliphatic heterocycles. The van der Waals surface area contributed by atoms with Crippen LogP contribution in [0.1, 0.15) is 30.4 Å². The number of methoxy groups -OCH3 is 1. The van der Waals surface area contributed by atoms with Crippen molar-refractivity contribution < 1.29 is 13.9 Å². The molecule has 1 unspecified atom stereocenters. The van der Waals surface area contributed by atoms with E-state index >= 15 is 0 Å². The summed E-state index contributed by atoms with van der Waals surface area (Å²) in [6.07, 6.45) is 2.78. The summed E-state index contributed by atoms with van der Waals surface area (Å²) < 4.78 is 25.3. The van der Waals surface area contributed by atoms with Gasteiger partial charge in [0.25, 0.3) is 0 Å². The molecule has 0 aliphatic carbocycles. The van der Waals surface area contributed by atoms with Crippen LogP contribution in [0.2, 0.25) is 0 Å². The highest BCUT2D eigenvalue weighted by Gasteiger charge is 2.24. The monoisotopic (exact) mass is 491 g/mol. The van der Waals surface area contributed by atoms with Crippen molar-refractivity contribution in [3.05, 3.63) is 58.1 Å². The topological polar surface area (TPSA) is 21.7 Å². The highest BCUT2D eigenvalue weighted by Crippen LogP contribution is 2.42. The van der Waals surface area contributed by atoms with Crippen molar-refractivity contribution in [1.29, 1.82) is 0 Å². The lowest BCUT2D eigenvalue weighted by atomic mass is 9.96. The van der Waals surface area contributed by atoms with Crippen molar-refractivity contribution in [1.82, 2.24) is 4.90 Å². The van der Waals surface area contributed by atoms with Gasteiger partial charge in [0, 0.05) is 45.9 Å². The van der Waals surface area contributed by atoms with Crippen molar-refractivity contribution in [2.45, 2.75) is 30.3 Å². The second kappa shape index (κ2) is 10.2. The van der Waals surface area contributed by atoms with Gasteiger partial charge >= 0.3 is 0 Å². The molecule has 1 atom stereocenters. The Balaban J connectivity index is 1.51. The van der Waals surface area contributed by atoms with Crippen LogP contribution in [-0.4, -0.2) is 50.2 Å². The number of fused-ring (bicyclic) bond motifs is 1. The first-order chi connectivity index (χ1) is 14.7. The van der Waals surface area contributed by atoms with Gasteiger partial charge in [-0.2, -0.15) is 0 Å². The fourth-order valence-electron chi connectivity index (χ4n) is 4.06. The van der Waals surface area contributed by atoms with E-state index in [4.69, 9.17) is 9.47 Å². The van der Waals surface area contributed by atoms with E-state index in [1.807, 2.05) is 17.8 Å². The molecule has 2 heterocycles. The summed E-state index contributed by atoms with van der Waals surface area (Å²) in [5, 5.41) is 0. The largest absolute Gasteiger partial charge is 0.497 e. The maximum absolute atomic E-state index is 12.4. The molecule has 0 radical (unpaired) electrons. The number of ether oxygens (including phenoxy) is 2. The van der Waals surface area contributed by atoms with Crippen LogP contribution in [0.3, 0.4) is 0 Å². The Morgan fingerprint density at radius 2 is 1.97 bits per heavy atom. The molecule has 0 saturated carbocycles. The third kappa shape index (κ3) is 5.04. The minimum Gasteiger partial charge on any atom is -0.497 e. The Kier molecular flexibility index (Phi) is 7.39. The molecule has 0 amide bonds. The predicted molar refractivity (Wildman–Crippen MR) is 126 cm³/mol. The van der Waals surface area contributed by atoms with Crippen LogP contribution in [0.5, 0.6) is 11.5 Å². The van der Waals surface area contributed by atoms with Crippen LogP contribution < -0.4 is 9.47 Å². The summed E-state index contributed by atoms with van der Waals surface area (Å²) in [4.78, 5) is 3.56. The van der Waals surface area contributed by atoms with E-state index in [0.717, 1.165) is 49.7 Å². The number of alkyl halides is 1. The zero-order chi connectivity index (χ0) is 20.9. The molecule has 4 rings (SSSR count). The normalized spacial score (nSPS) is 19.5. The number of likely N-dealkylation sites (tertiary alicyclic amines) is 1. The maximum Gasteiger partial charge on any atom is 0.119 e. The van der Waals surface area contributed by atoms with Crippen LogP contribution in [0.4, 0.5) is 4.39 Å². The molecular formula is C24H27BrFNO2S. The molecule has 6 heteroatoms. The first kappa shape index (κ1) is 21.7. The molecular weight excluding hydrogens is 465 g/mol. The van der Waals surface area contributed by atoms with Gasteiger partial charge < -0.3 is 9.47 Å². The number of allylic oxidation sites excluding steroid dienone is 1. The quantitative estimate of drug-likeness (QED) is 0.462. The van der Waals surface area contributed by atoms with Gasteiger partial charge in [-0.15, -0.1) is 11.8 Å². The third-order valence-corrected chi connectivity index (χ3v) is 7.46. The standard InChI is InChI=1S/C24H27BrFNO2S/c1-28-19-7-8-23-21(15-19)24(22(25)10-14-30-23)17-3-5-18(6-4-17)29-20-9-13-27(16-20)12-2-11-26/h3-8,15,20H,2,9-14,16H2,1H3. The van der Waals surface area contributed by atoms with Gasteiger partial charge in [0.05, 0.1) is 13.8 Å². The van der Waals surface area contributed by atoms with Crippen LogP contribution in [-0.2, 0) is 0 Å². The predicted octanol–water partition coefficient (Wildman–Crippen LogP) is 6.16. The zero-order valence-corrected chi connectivity index (χ0v) is 19.6. The Bertz CT molecular complexity index is 903. The van der Waals surface area contributed by atoms with Crippen molar-refractivity contribution in [2.24, 2.45) is 0 Å². The number of hydrogen-bond donors (Lipinski definition) is 0. The Morgan fingerprint density at radius 1 is 1.17 bits per heavy atom. The SMILES string of the molecule is COc1ccc2c(c1)C(c1ccc(OC3CCN(CCCF)C3)cc1)=C(Br)CCS2. The van der Waals surface area contributed by atoms with Crippen LogP contribution in [0, 0.1) is 0 Å². The molecule has 2 aliphatic rings. The molecule has 2 aromatic carbocycles. The molecule has 30 heavy (non-hydrogen) atoms. The number of halogens is 2. The van der Waals surface area contributed by atoms with Crippen LogP contribution >= 0.6 is 27.7 Å². The van der Waals surface area contributed by atoms with Gasteiger partial charge in [-0.3, -0.25) is 9.29 Å². The molecule has 0 spiro atoms. The van der Waals surface area contributed by atoms with Crippen LogP contribution in [0.25, 0.3) is 5.57 Å². The van der Waals surface area contributed by atoms with E-state index < -0.39 is 0 Å². The lowest BCUT2D eigenvalue weighted by molar-refractivity contribution is 0.198. The number of thioether (sulfide) groups is 1. The van der Waals surface area contributed by atoms with Gasteiger partial charge in [0.2, 0.25) is 0 Å². The fraction of sp³-hybridized carbons (Fsp3) is 0.417. The summed E-state index contributed by atoms with van der Waals surface area (Å²) in [5.41, 5.74) is 3.60. The second-order valence-electron chi connectivity index (χ2n) is 7.64. The minimum absolute atomic E-state index is 0.181. The van der Waals surface area contributed by atoms with E-state index in [0.29, 0.717) is 6.42 Å². The number of hydrogen-bond acceptors (Lipinski definition) is 4. The first-order valence-electron chi connectivity index (χ1n) is 10.4. The van der Waals surface area contributed by atoms with Gasteiger partial charge in [0.15, 0.2) is 0 Å². The van der Waals surface area contributed by atoms with Gasteiger partial charge in [-0.1, -0.05) is 28.1 Å². The lowest BCUT2D eigenvalue weighted by Gasteiger charge is -2.17. The molecule has 0 aromatic heterocycles. The van der Waals surface area contributed by atoms with E-state index in [1.54, 1.807) is 7.11 Å². The fourth-order valence-corrected chi connectivity index (χ4v) is 5.97.